The van der Waals surface area contributed by atoms with Crippen LogP contribution >= 0.6 is 0 Å². The summed E-state index contributed by atoms with van der Waals surface area (Å²) in [6.07, 6.45) is -1.33. The molecule has 0 radical (unpaired) electrons. The van der Waals surface area contributed by atoms with Crippen molar-refractivity contribution in [3.8, 4) is 0 Å². The molecular weight excluding hydrogens is 320 g/mol. The highest BCUT2D eigenvalue weighted by atomic mass is 16.3. The molecule has 1 saturated carbocycles. The number of hydrogen-bond acceptors (Lipinski definition) is 2. The molecule has 2 atom stereocenters. The Morgan fingerprint density at radius 2 is 0.846 bits per heavy atom. The largest absolute Gasteiger partial charge is 0.851 e. The van der Waals surface area contributed by atoms with Gasteiger partial charge in [0.25, 0.3) is 0 Å². The van der Waals surface area contributed by atoms with Crippen molar-refractivity contribution < 1.29 is 10.2 Å². The van der Waals surface area contributed by atoms with Crippen LogP contribution in [0.3, 0.4) is 0 Å². The summed E-state index contributed by atoms with van der Waals surface area (Å²) in [6.45, 7) is 16.0. The quantitative estimate of drug-likeness (QED) is 0.740. The zero-order valence-corrected chi connectivity index (χ0v) is 17.9. The maximum atomic E-state index is 12.3. The lowest BCUT2D eigenvalue weighted by atomic mass is 9.63. The first-order valence-corrected chi connectivity index (χ1v) is 10.2. The zero-order valence-electron chi connectivity index (χ0n) is 17.9. The van der Waals surface area contributed by atoms with E-state index in [-0.39, 0.29) is 11.8 Å². The van der Waals surface area contributed by atoms with Crippen LogP contribution in [0, 0.1) is 0 Å². The molecule has 2 heteroatoms. The van der Waals surface area contributed by atoms with Gasteiger partial charge < -0.3 is 10.2 Å². The molecule has 1 N–H and O–H groups in total. The van der Waals surface area contributed by atoms with Crippen LogP contribution < -0.4 is 5.11 Å². The lowest BCUT2D eigenvalue weighted by Gasteiger charge is -2.54. The minimum Gasteiger partial charge on any atom is -0.851 e. The predicted octanol–water partition coefficient (Wildman–Crippen LogP) is 5.76. The van der Waals surface area contributed by atoms with Crippen LogP contribution in [-0.2, 0) is 0 Å². The van der Waals surface area contributed by atoms with Crippen molar-refractivity contribution >= 4 is 0 Å². The van der Waals surface area contributed by atoms with Crippen molar-refractivity contribution in [3.05, 3.63) is 71.8 Å². The lowest BCUT2D eigenvalue weighted by Crippen LogP contribution is -2.58. The first kappa shape index (κ1) is 26.6. The number of hydrogen-bond donors (Lipinski definition) is 1. The molecular formula is C24H39O2-. The highest BCUT2D eigenvalue weighted by Gasteiger charge is 2.44. The van der Waals surface area contributed by atoms with Crippen molar-refractivity contribution in [2.24, 2.45) is 0 Å². The van der Waals surface area contributed by atoms with Crippen LogP contribution in [0.15, 0.2) is 60.7 Å². The van der Waals surface area contributed by atoms with Gasteiger partial charge in [-0.1, -0.05) is 116 Å². The van der Waals surface area contributed by atoms with E-state index in [4.69, 9.17) is 0 Å². The van der Waals surface area contributed by atoms with Crippen LogP contribution in [0.1, 0.15) is 78.4 Å². The fourth-order valence-corrected chi connectivity index (χ4v) is 2.81. The molecule has 3 rings (SSSR count). The van der Waals surface area contributed by atoms with Gasteiger partial charge in [0.15, 0.2) is 0 Å². The molecule has 0 heterocycles. The third-order valence-corrected chi connectivity index (χ3v) is 3.81. The second-order valence-electron chi connectivity index (χ2n) is 4.83. The van der Waals surface area contributed by atoms with Crippen molar-refractivity contribution in [1.82, 2.24) is 0 Å². The van der Waals surface area contributed by atoms with Gasteiger partial charge in [-0.3, -0.25) is 0 Å². The Labute approximate surface area is 161 Å². The molecule has 0 amide bonds. The summed E-state index contributed by atoms with van der Waals surface area (Å²) in [4.78, 5) is 0. The fourth-order valence-electron chi connectivity index (χ4n) is 2.81. The Kier molecular flexibility index (Phi) is 17.2. The van der Waals surface area contributed by atoms with E-state index in [0.29, 0.717) is 0 Å². The third-order valence-electron chi connectivity index (χ3n) is 3.81. The minimum absolute atomic E-state index is 0.281. The molecule has 2 aromatic rings. The van der Waals surface area contributed by atoms with Crippen LogP contribution in [0.2, 0.25) is 0 Å². The highest BCUT2D eigenvalue weighted by molar-refractivity contribution is 5.35. The number of benzene rings is 2. The smallest absolute Gasteiger partial charge is 0.0656 e. The average Bonchev–Trinajstić information content (AvgIpc) is 2.76. The minimum atomic E-state index is -0.759. The molecule has 0 bridgehead atoms. The summed E-state index contributed by atoms with van der Waals surface area (Å²) in [5, 5.41) is 22.5. The van der Waals surface area contributed by atoms with Crippen molar-refractivity contribution in [2.75, 3.05) is 0 Å². The van der Waals surface area contributed by atoms with Crippen molar-refractivity contribution in [2.45, 2.75) is 79.4 Å². The van der Waals surface area contributed by atoms with Crippen LogP contribution in [-0.4, -0.2) is 17.3 Å². The van der Waals surface area contributed by atoms with Crippen LogP contribution in [0.4, 0.5) is 0 Å². The van der Waals surface area contributed by atoms with E-state index in [1.165, 1.54) is 0 Å². The van der Waals surface area contributed by atoms with E-state index >= 15 is 0 Å². The van der Waals surface area contributed by atoms with E-state index in [1.54, 1.807) is 0 Å². The summed E-state index contributed by atoms with van der Waals surface area (Å²) in [5.74, 6) is -0.562. The monoisotopic (exact) mass is 359 g/mol. The van der Waals surface area contributed by atoms with Gasteiger partial charge in [-0.15, -0.1) is 6.10 Å². The molecule has 2 nitrogen and oxygen atoms in total. The fraction of sp³-hybridized carbons (Fsp3) is 0.500. The Morgan fingerprint density at radius 3 is 1.08 bits per heavy atom. The first-order chi connectivity index (χ1) is 12.8. The van der Waals surface area contributed by atoms with E-state index in [9.17, 15) is 10.2 Å². The SMILES string of the molecule is CC.CC.CC.CC.[O-]C1C(c2ccccc2)C(O)C1c1ccccc1. The first-order valence-electron chi connectivity index (χ1n) is 10.2. The van der Waals surface area contributed by atoms with Gasteiger partial charge in [0.05, 0.1) is 6.10 Å². The molecule has 148 valence electrons. The maximum absolute atomic E-state index is 12.3. The van der Waals surface area contributed by atoms with Crippen LogP contribution in [0.5, 0.6) is 0 Å². The Hall–Kier alpha value is -1.64. The maximum Gasteiger partial charge on any atom is 0.0656 e. The lowest BCUT2D eigenvalue weighted by molar-refractivity contribution is -0.462. The standard InChI is InChI=1S/C16H15O2.4C2H6/c17-15-13(11-7-3-1-4-8-11)16(18)14(15)12-9-5-2-6-10-12;4*1-2/h1-10,13-17H;4*1-2H3/q-1;;;;. The third kappa shape index (κ3) is 6.93. The number of aliphatic hydroxyl groups excluding tert-OH is 1. The predicted molar refractivity (Wildman–Crippen MR) is 114 cm³/mol. The summed E-state index contributed by atoms with van der Waals surface area (Å²) in [6, 6.07) is 19.1. The van der Waals surface area contributed by atoms with Crippen molar-refractivity contribution in [3.63, 3.8) is 0 Å². The molecule has 2 aromatic carbocycles. The molecule has 2 unspecified atom stereocenters. The van der Waals surface area contributed by atoms with Gasteiger partial charge in [-0.05, 0) is 23.0 Å². The van der Waals surface area contributed by atoms with E-state index < -0.39 is 12.2 Å². The van der Waals surface area contributed by atoms with E-state index in [2.05, 4.69) is 0 Å². The zero-order chi connectivity index (χ0) is 20.5. The summed E-state index contributed by atoms with van der Waals surface area (Å²) in [5.41, 5.74) is 1.88. The van der Waals surface area contributed by atoms with Gasteiger partial charge >= 0.3 is 0 Å². The molecule has 1 fully saturated rings. The van der Waals surface area contributed by atoms with Crippen molar-refractivity contribution in [1.29, 1.82) is 0 Å². The number of rotatable bonds is 2. The molecule has 0 aliphatic heterocycles. The molecule has 0 aromatic heterocycles. The van der Waals surface area contributed by atoms with Crippen LogP contribution in [0.25, 0.3) is 0 Å². The van der Waals surface area contributed by atoms with Gasteiger partial charge in [0.2, 0.25) is 0 Å². The average molecular weight is 360 g/mol. The van der Waals surface area contributed by atoms with E-state index in [1.807, 2.05) is 116 Å². The highest BCUT2D eigenvalue weighted by Crippen LogP contribution is 2.46. The van der Waals surface area contributed by atoms with E-state index in [0.717, 1.165) is 11.1 Å². The normalized spacial score (nSPS) is 22.2. The summed E-state index contributed by atoms with van der Waals surface area (Å²) in [7, 11) is 0. The molecule has 0 spiro atoms. The number of aliphatic hydroxyl groups is 1. The Morgan fingerprint density at radius 1 is 0.577 bits per heavy atom. The van der Waals surface area contributed by atoms with Gasteiger partial charge in [0.1, 0.15) is 0 Å². The second kappa shape index (κ2) is 16.8. The second-order valence-corrected chi connectivity index (χ2v) is 4.83. The summed E-state index contributed by atoms with van der Waals surface area (Å²) < 4.78 is 0. The molecule has 1 aliphatic rings. The molecule has 26 heavy (non-hydrogen) atoms. The van der Waals surface area contributed by atoms with Gasteiger partial charge in [0, 0.05) is 0 Å². The Bertz CT molecular complexity index is 453. The Balaban J connectivity index is 0. The van der Waals surface area contributed by atoms with Gasteiger partial charge in [-0.2, -0.15) is 0 Å². The summed E-state index contributed by atoms with van der Waals surface area (Å²) >= 11 is 0. The molecule has 1 aliphatic carbocycles. The molecule has 0 saturated heterocycles. The topological polar surface area (TPSA) is 43.3 Å². The van der Waals surface area contributed by atoms with Gasteiger partial charge in [-0.25, -0.2) is 0 Å².